The third-order valence-electron chi connectivity index (χ3n) is 3.19. The Kier molecular flexibility index (Phi) is 3.27. The Labute approximate surface area is 116 Å². The average Bonchev–Trinajstić information content (AvgIpc) is 2.90. The average molecular weight is 273 g/mol. The molecule has 0 fully saturated rings. The molecule has 0 amide bonds. The summed E-state index contributed by atoms with van der Waals surface area (Å²) >= 11 is 1.51. The molecule has 98 valence electrons. The van der Waals surface area contributed by atoms with E-state index in [0.717, 1.165) is 23.9 Å². The van der Waals surface area contributed by atoms with Gasteiger partial charge in [0.25, 0.3) is 0 Å². The summed E-state index contributed by atoms with van der Waals surface area (Å²) in [6.45, 7) is 0.939. The standard InChI is InChI=1S/C13H15N5S/c1-19-13-15-11(17-14)8-12(16-13)18-7-6-9-4-2-3-5-10(9)18/h2-5,8H,6-7,14H2,1H3,(H,15,16,17). The van der Waals surface area contributed by atoms with E-state index < -0.39 is 0 Å². The van der Waals surface area contributed by atoms with Crippen molar-refractivity contribution >= 4 is 29.1 Å². The second-order valence-corrected chi connectivity index (χ2v) is 5.05. The quantitative estimate of drug-likeness (QED) is 0.387. The minimum absolute atomic E-state index is 0.638. The summed E-state index contributed by atoms with van der Waals surface area (Å²) < 4.78 is 0. The van der Waals surface area contributed by atoms with E-state index in [1.807, 2.05) is 12.3 Å². The van der Waals surface area contributed by atoms with Crippen LogP contribution in [0.5, 0.6) is 0 Å². The van der Waals surface area contributed by atoms with Crippen LogP contribution in [0.25, 0.3) is 0 Å². The van der Waals surface area contributed by atoms with Crippen molar-refractivity contribution in [1.82, 2.24) is 9.97 Å². The number of benzene rings is 1. The summed E-state index contributed by atoms with van der Waals surface area (Å²) in [5, 5.41) is 0.717. The lowest BCUT2D eigenvalue weighted by Gasteiger charge is -2.19. The summed E-state index contributed by atoms with van der Waals surface area (Å²) in [4.78, 5) is 11.1. The van der Waals surface area contributed by atoms with Gasteiger partial charge in [0, 0.05) is 18.3 Å². The van der Waals surface area contributed by atoms with Gasteiger partial charge in [-0.2, -0.15) is 0 Å². The second kappa shape index (κ2) is 5.07. The summed E-state index contributed by atoms with van der Waals surface area (Å²) in [7, 11) is 0. The summed E-state index contributed by atoms with van der Waals surface area (Å²) in [5.41, 5.74) is 5.17. The molecule has 3 N–H and O–H groups in total. The lowest BCUT2D eigenvalue weighted by molar-refractivity contribution is 0.908. The zero-order chi connectivity index (χ0) is 13.2. The van der Waals surface area contributed by atoms with Gasteiger partial charge in [-0.1, -0.05) is 30.0 Å². The van der Waals surface area contributed by atoms with Crippen molar-refractivity contribution in [3.8, 4) is 0 Å². The molecule has 0 unspecified atom stereocenters. The number of hydrogen-bond donors (Lipinski definition) is 2. The second-order valence-electron chi connectivity index (χ2n) is 4.27. The Balaban J connectivity index is 2.04. The maximum Gasteiger partial charge on any atom is 0.191 e. The maximum atomic E-state index is 5.47. The lowest BCUT2D eigenvalue weighted by Crippen LogP contribution is -2.17. The first kappa shape index (κ1) is 12.3. The highest BCUT2D eigenvalue weighted by Crippen LogP contribution is 2.34. The SMILES string of the molecule is CSc1nc(NN)cc(N2CCc3ccccc32)n1. The summed E-state index contributed by atoms with van der Waals surface area (Å²) in [6.07, 6.45) is 3.00. The van der Waals surface area contributed by atoms with Gasteiger partial charge in [-0.3, -0.25) is 0 Å². The Hall–Kier alpha value is -1.79. The molecule has 2 heterocycles. The fourth-order valence-corrected chi connectivity index (χ4v) is 2.67. The largest absolute Gasteiger partial charge is 0.326 e. The van der Waals surface area contributed by atoms with Crippen LogP contribution >= 0.6 is 11.8 Å². The topological polar surface area (TPSA) is 67.1 Å². The maximum absolute atomic E-state index is 5.47. The van der Waals surface area contributed by atoms with Crippen LogP contribution in [0.1, 0.15) is 5.56 Å². The molecule has 1 aliphatic heterocycles. The van der Waals surface area contributed by atoms with Crippen LogP contribution in [0.3, 0.4) is 0 Å². The molecule has 0 saturated carbocycles. The highest BCUT2D eigenvalue weighted by atomic mass is 32.2. The molecule has 1 aromatic heterocycles. The van der Waals surface area contributed by atoms with Gasteiger partial charge in [-0.05, 0) is 24.3 Å². The van der Waals surface area contributed by atoms with Gasteiger partial charge in [0.1, 0.15) is 11.6 Å². The Morgan fingerprint density at radius 3 is 2.95 bits per heavy atom. The van der Waals surface area contributed by atoms with Gasteiger partial charge >= 0.3 is 0 Å². The highest BCUT2D eigenvalue weighted by molar-refractivity contribution is 7.98. The van der Waals surface area contributed by atoms with Crippen molar-refractivity contribution in [1.29, 1.82) is 0 Å². The number of para-hydroxylation sites is 1. The number of nitrogens with one attached hydrogen (secondary N) is 1. The molecule has 5 nitrogen and oxygen atoms in total. The number of nitrogens with zero attached hydrogens (tertiary/aromatic N) is 3. The van der Waals surface area contributed by atoms with Gasteiger partial charge in [0.15, 0.2) is 5.16 Å². The van der Waals surface area contributed by atoms with Crippen LogP contribution in [-0.2, 0) is 6.42 Å². The number of aromatic nitrogens is 2. The fourth-order valence-electron chi connectivity index (χ4n) is 2.29. The van der Waals surface area contributed by atoms with Gasteiger partial charge in [0.05, 0.1) is 0 Å². The van der Waals surface area contributed by atoms with E-state index in [1.165, 1.54) is 23.0 Å². The minimum Gasteiger partial charge on any atom is -0.326 e. The van der Waals surface area contributed by atoms with Crippen LogP contribution < -0.4 is 16.2 Å². The number of hydrogen-bond acceptors (Lipinski definition) is 6. The van der Waals surface area contributed by atoms with Crippen molar-refractivity contribution in [2.45, 2.75) is 11.6 Å². The number of rotatable bonds is 3. The predicted molar refractivity (Wildman–Crippen MR) is 78.8 cm³/mol. The monoisotopic (exact) mass is 273 g/mol. The van der Waals surface area contributed by atoms with Crippen LogP contribution in [0.15, 0.2) is 35.5 Å². The zero-order valence-corrected chi connectivity index (χ0v) is 11.4. The van der Waals surface area contributed by atoms with E-state index in [1.54, 1.807) is 0 Å². The van der Waals surface area contributed by atoms with E-state index in [4.69, 9.17) is 5.84 Å². The molecule has 0 spiro atoms. The van der Waals surface area contributed by atoms with Gasteiger partial charge < -0.3 is 10.3 Å². The molecule has 0 aliphatic carbocycles. The van der Waals surface area contributed by atoms with E-state index in [9.17, 15) is 0 Å². The van der Waals surface area contributed by atoms with Crippen LogP contribution in [-0.4, -0.2) is 22.8 Å². The van der Waals surface area contributed by atoms with E-state index in [0.29, 0.717) is 5.82 Å². The van der Waals surface area contributed by atoms with Gasteiger partial charge in [0.2, 0.25) is 0 Å². The summed E-state index contributed by atoms with van der Waals surface area (Å²) in [6, 6.07) is 10.3. The van der Waals surface area contributed by atoms with E-state index in [-0.39, 0.29) is 0 Å². The Bertz CT molecular complexity index is 579. The van der Waals surface area contributed by atoms with Crippen molar-refractivity contribution in [3.63, 3.8) is 0 Å². The third kappa shape index (κ3) is 2.24. The highest BCUT2D eigenvalue weighted by Gasteiger charge is 2.21. The number of thioether (sulfide) groups is 1. The van der Waals surface area contributed by atoms with Crippen molar-refractivity contribution in [3.05, 3.63) is 35.9 Å². The van der Waals surface area contributed by atoms with Crippen LogP contribution in [0.4, 0.5) is 17.3 Å². The smallest absolute Gasteiger partial charge is 0.191 e. The fraction of sp³-hybridized carbons (Fsp3) is 0.231. The normalized spacial score (nSPS) is 13.5. The predicted octanol–water partition coefficient (Wildman–Crippen LogP) is 2.18. The minimum atomic E-state index is 0.638. The molecule has 0 saturated heterocycles. The zero-order valence-electron chi connectivity index (χ0n) is 10.6. The molecule has 1 aromatic carbocycles. The Morgan fingerprint density at radius 1 is 1.32 bits per heavy atom. The molecular formula is C13H15N5S. The number of nitrogens with two attached hydrogens (primary N) is 1. The molecule has 0 atom stereocenters. The molecule has 0 radical (unpaired) electrons. The molecule has 6 heteroatoms. The molecule has 1 aliphatic rings. The number of anilines is 3. The molecular weight excluding hydrogens is 258 g/mol. The van der Waals surface area contributed by atoms with Gasteiger partial charge in [-0.25, -0.2) is 15.8 Å². The molecule has 0 bridgehead atoms. The van der Waals surface area contributed by atoms with Crippen molar-refractivity contribution in [2.75, 3.05) is 23.1 Å². The van der Waals surface area contributed by atoms with E-state index >= 15 is 0 Å². The molecule has 3 rings (SSSR count). The Morgan fingerprint density at radius 2 is 2.16 bits per heavy atom. The third-order valence-corrected chi connectivity index (χ3v) is 3.73. The molecule has 19 heavy (non-hydrogen) atoms. The van der Waals surface area contributed by atoms with Crippen LogP contribution in [0.2, 0.25) is 0 Å². The first-order chi connectivity index (χ1) is 9.31. The number of fused-ring (bicyclic) bond motifs is 1. The van der Waals surface area contributed by atoms with Crippen molar-refractivity contribution < 1.29 is 0 Å². The lowest BCUT2D eigenvalue weighted by atomic mass is 10.2. The molecule has 2 aromatic rings. The first-order valence-electron chi connectivity index (χ1n) is 6.07. The van der Waals surface area contributed by atoms with E-state index in [2.05, 4.69) is 44.6 Å². The van der Waals surface area contributed by atoms with Crippen molar-refractivity contribution in [2.24, 2.45) is 5.84 Å². The number of hydrazine groups is 1. The number of nitrogen functional groups attached to an aromatic ring is 1. The summed E-state index contributed by atoms with van der Waals surface area (Å²) in [5.74, 6) is 6.99. The first-order valence-corrected chi connectivity index (χ1v) is 7.29. The van der Waals surface area contributed by atoms with Gasteiger partial charge in [-0.15, -0.1) is 0 Å². The van der Waals surface area contributed by atoms with Crippen LogP contribution in [0, 0.1) is 0 Å².